The molecule has 1 amide bonds. The van der Waals surface area contributed by atoms with Crippen LogP contribution in [-0.2, 0) is 6.54 Å². The highest BCUT2D eigenvalue weighted by Gasteiger charge is 2.22. The molecular weight excluding hydrogens is 310 g/mol. The summed E-state index contributed by atoms with van der Waals surface area (Å²) in [6, 6.07) is 20.3. The predicted molar refractivity (Wildman–Crippen MR) is 99.4 cm³/mol. The second kappa shape index (κ2) is 7.03. The third-order valence-electron chi connectivity index (χ3n) is 4.75. The SMILES string of the molecule is O=C(c1cnc2ccccc2c1)N1CCN(Cc2ccccc2)CC1. The standard InChI is InChI=1S/C21H21N3O/c25-21(19-14-18-8-4-5-9-20(18)22-15-19)24-12-10-23(11-13-24)16-17-6-2-1-3-7-17/h1-9,14-15H,10-13,16H2. The van der Waals surface area contributed by atoms with Gasteiger partial charge in [0.15, 0.2) is 0 Å². The van der Waals surface area contributed by atoms with Crippen LogP contribution in [0.15, 0.2) is 66.9 Å². The largest absolute Gasteiger partial charge is 0.336 e. The number of hydrogen-bond acceptors (Lipinski definition) is 3. The summed E-state index contributed by atoms with van der Waals surface area (Å²) in [6.07, 6.45) is 1.70. The molecule has 0 N–H and O–H groups in total. The number of piperazine rings is 1. The Morgan fingerprint density at radius 1 is 0.920 bits per heavy atom. The van der Waals surface area contributed by atoms with E-state index in [-0.39, 0.29) is 5.91 Å². The topological polar surface area (TPSA) is 36.4 Å². The van der Waals surface area contributed by atoms with E-state index in [1.165, 1.54) is 5.56 Å². The molecule has 4 heteroatoms. The fraction of sp³-hybridized carbons (Fsp3) is 0.238. The average molecular weight is 331 g/mol. The number of fused-ring (bicyclic) bond motifs is 1. The van der Waals surface area contributed by atoms with Crippen molar-refractivity contribution in [1.29, 1.82) is 0 Å². The molecule has 0 unspecified atom stereocenters. The van der Waals surface area contributed by atoms with Crippen LogP contribution >= 0.6 is 0 Å². The van der Waals surface area contributed by atoms with Crippen molar-refractivity contribution in [3.8, 4) is 0 Å². The molecule has 0 spiro atoms. The summed E-state index contributed by atoms with van der Waals surface area (Å²) in [6.45, 7) is 4.28. The van der Waals surface area contributed by atoms with Crippen LogP contribution in [0.2, 0.25) is 0 Å². The van der Waals surface area contributed by atoms with Gasteiger partial charge in [-0.25, -0.2) is 0 Å². The van der Waals surface area contributed by atoms with Gasteiger partial charge in [0.1, 0.15) is 0 Å². The van der Waals surface area contributed by atoms with Crippen molar-refractivity contribution >= 4 is 16.8 Å². The number of benzene rings is 2. The molecule has 2 aromatic carbocycles. The van der Waals surface area contributed by atoms with Crippen LogP contribution in [0, 0.1) is 0 Å². The highest BCUT2D eigenvalue weighted by atomic mass is 16.2. The van der Waals surface area contributed by atoms with E-state index in [2.05, 4.69) is 34.1 Å². The van der Waals surface area contributed by atoms with Gasteiger partial charge in [-0.05, 0) is 17.7 Å². The van der Waals surface area contributed by atoms with Gasteiger partial charge in [-0.2, -0.15) is 0 Å². The number of aromatic nitrogens is 1. The number of amides is 1. The number of hydrogen-bond donors (Lipinski definition) is 0. The molecule has 126 valence electrons. The molecule has 0 radical (unpaired) electrons. The fourth-order valence-corrected chi connectivity index (χ4v) is 3.32. The Hall–Kier alpha value is -2.72. The molecule has 0 atom stereocenters. The van der Waals surface area contributed by atoms with E-state index in [1.807, 2.05) is 41.3 Å². The van der Waals surface area contributed by atoms with Gasteiger partial charge in [0, 0.05) is 44.3 Å². The quantitative estimate of drug-likeness (QED) is 0.739. The molecule has 0 aliphatic carbocycles. The normalized spacial score (nSPS) is 15.4. The summed E-state index contributed by atoms with van der Waals surface area (Å²) in [5.74, 6) is 0.0811. The van der Waals surface area contributed by atoms with Crippen molar-refractivity contribution in [1.82, 2.24) is 14.8 Å². The Morgan fingerprint density at radius 3 is 2.44 bits per heavy atom. The molecule has 0 saturated carbocycles. The Kier molecular flexibility index (Phi) is 4.44. The number of para-hydroxylation sites is 1. The molecular formula is C21H21N3O. The predicted octanol–water partition coefficient (Wildman–Crippen LogP) is 3.19. The zero-order valence-corrected chi connectivity index (χ0v) is 14.1. The number of carbonyl (C=O) groups excluding carboxylic acids is 1. The minimum absolute atomic E-state index is 0.0811. The molecule has 3 aromatic rings. The molecule has 4 rings (SSSR count). The van der Waals surface area contributed by atoms with Gasteiger partial charge in [0.05, 0.1) is 11.1 Å². The Morgan fingerprint density at radius 2 is 1.64 bits per heavy atom. The number of nitrogens with zero attached hydrogens (tertiary/aromatic N) is 3. The van der Waals surface area contributed by atoms with Crippen molar-refractivity contribution in [2.24, 2.45) is 0 Å². The molecule has 2 heterocycles. The smallest absolute Gasteiger partial charge is 0.255 e. The van der Waals surface area contributed by atoms with Crippen LogP contribution in [0.1, 0.15) is 15.9 Å². The van der Waals surface area contributed by atoms with Crippen LogP contribution < -0.4 is 0 Å². The first-order valence-corrected chi connectivity index (χ1v) is 8.70. The second-order valence-corrected chi connectivity index (χ2v) is 6.47. The van der Waals surface area contributed by atoms with Crippen LogP contribution in [-0.4, -0.2) is 46.9 Å². The van der Waals surface area contributed by atoms with Gasteiger partial charge >= 0.3 is 0 Å². The summed E-state index contributed by atoms with van der Waals surface area (Å²) in [7, 11) is 0. The van der Waals surface area contributed by atoms with Crippen molar-refractivity contribution in [2.45, 2.75) is 6.54 Å². The molecule has 0 bridgehead atoms. The van der Waals surface area contributed by atoms with Crippen LogP contribution in [0.3, 0.4) is 0 Å². The molecule has 4 nitrogen and oxygen atoms in total. The first-order chi connectivity index (χ1) is 12.3. The molecule has 25 heavy (non-hydrogen) atoms. The number of rotatable bonds is 3. The van der Waals surface area contributed by atoms with Crippen molar-refractivity contribution < 1.29 is 4.79 Å². The van der Waals surface area contributed by atoms with Crippen molar-refractivity contribution in [3.05, 3.63) is 78.0 Å². The van der Waals surface area contributed by atoms with Crippen molar-refractivity contribution in [2.75, 3.05) is 26.2 Å². The molecule has 1 saturated heterocycles. The summed E-state index contributed by atoms with van der Waals surface area (Å²) in [5.41, 5.74) is 2.92. The van der Waals surface area contributed by atoms with Gasteiger partial charge < -0.3 is 4.90 Å². The Balaban J connectivity index is 1.40. The second-order valence-electron chi connectivity index (χ2n) is 6.47. The van der Waals surface area contributed by atoms with Crippen LogP contribution in [0.4, 0.5) is 0 Å². The van der Waals surface area contributed by atoms with Crippen LogP contribution in [0.5, 0.6) is 0 Å². The zero-order valence-electron chi connectivity index (χ0n) is 14.1. The van der Waals surface area contributed by atoms with E-state index >= 15 is 0 Å². The summed E-state index contributed by atoms with van der Waals surface area (Å²) >= 11 is 0. The zero-order chi connectivity index (χ0) is 17.1. The summed E-state index contributed by atoms with van der Waals surface area (Å²) < 4.78 is 0. The van der Waals surface area contributed by atoms with Crippen molar-refractivity contribution in [3.63, 3.8) is 0 Å². The summed E-state index contributed by atoms with van der Waals surface area (Å²) in [5, 5.41) is 1.01. The van der Waals surface area contributed by atoms with E-state index in [0.29, 0.717) is 5.56 Å². The lowest BCUT2D eigenvalue weighted by Gasteiger charge is -2.34. The highest BCUT2D eigenvalue weighted by molar-refractivity contribution is 5.97. The minimum Gasteiger partial charge on any atom is -0.336 e. The molecule has 1 aliphatic heterocycles. The third kappa shape index (κ3) is 3.54. The first kappa shape index (κ1) is 15.8. The Bertz CT molecular complexity index is 870. The maximum absolute atomic E-state index is 12.8. The minimum atomic E-state index is 0.0811. The van der Waals surface area contributed by atoms with E-state index < -0.39 is 0 Å². The van der Waals surface area contributed by atoms with E-state index in [0.717, 1.165) is 43.6 Å². The number of pyridine rings is 1. The molecule has 1 aliphatic rings. The third-order valence-corrected chi connectivity index (χ3v) is 4.75. The first-order valence-electron chi connectivity index (χ1n) is 8.70. The summed E-state index contributed by atoms with van der Waals surface area (Å²) in [4.78, 5) is 21.5. The number of carbonyl (C=O) groups is 1. The maximum atomic E-state index is 12.8. The lowest BCUT2D eigenvalue weighted by Crippen LogP contribution is -2.48. The highest BCUT2D eigenvalue weighted by Crippen LogP contribution is 2.16. The lowest BCUT2D eigenvalue weighted by molar-refractivity contribution is 0.0628. The molecule has 1 fully saturated rings. The van der Waals surface area contributed by atoms with E-state index in [1.54, 1.807) is 6.20 Å². The van der Waals surface area contributed by atoms with Gasteiger partial charge in [0.25, 0.3) is 5.91 Å². The van der Waals surface area contributed by atoms with Gasteiger partial charge in [-0.1, -0.05) is 48.5 Å². The van der Waals surface area contributed by atoms with E-state index in [9.17, 15) is 4.79 Å². The lowest BCUT2D eigenvalue weighted by atomic mass is 10.1. The van der Waals surface area contributed by atoms with Gasteiger partial charge in [-0.3, -0.25) is 14.7 Å². The fourth-order valence-electron chi connectivity index (χ4n) is 3.32. The van der Waals surface area contributed by atoms with Gasteiger partial charge in [0.2, 0.25) is 0 Å². The maximum Gasteiger partial charge on any atom is 0.255 e. The van der Waals surface area contributed by atoms with Crippen LogP contribution in [0.25, 0.3) is 10.9 Å². The average Bonchev–Trinajstić information content (AvgIpc) is 2.68. The van der Waals surface area contributed by atoms with Gasteiger partial charge in [-0.15, -0.1) is 0 Å². The monoisotopic (exact) mass is 331 g/mol. The Labute approximate surface area is 147 Å². The molecule has 1 aromatic heterocycles. The van der Waals surface area contributed by atoms with E-state index in [4.69, 9.17) is 0 Å².